The first-order valence-electron chi connectivity index (χ1n) is 12.1. The molecule has 6 rings (SSSR count). The summed E-state index contributed by atoms with van der Waals surface area (Å²) in [6, 6.07) is 20.6. The van der Waals surface area contributed by atoms with Gasteiger partial charge in [0.05, 0.1) is 16.6 Å². The lowest BCUT2D eigenvalue weighted by Gasteiger charge is -2.61. The Morgan fingerprint density at radius 3 is 2.54 bits per heavy atom. The summed E-state index contributed by atoms with van der Waals surface area (Å²) in [4.78, 5) is 27.4. The molecule has 5 nitrogen and oxygen atoms in total. The quantitative estimate of drug-likeness (QED) is 0.453. The van der Waals surface area contributed by atoms with Crippen molar-refractivity contribution in [2.24, 2.45) is 0 Å². The molecular formula is C29H26FN3O2. The molecule has 2 heterocycles. The number of halogens is 1. The summed E-state index contributed by atoms with van der Waals surface area (Å²) in [7, 11) is 0. The fourth-order valence-corrected chi connectivity index (χ4v) is 5.70. The van der Waals surface area contributed by atoms with Gasteiger partial charge in [-0.05, 0) is 61.4 Å². The summed E-state index contributed by atoms with van der Waals surface area (Å²) in [5, 5.41) is 8.08. The van der Waals surface area contributed by atoms with E-state index in [1.807, 2.05) is 23.1 Å². The van der Waals surface area contributed by atoms with E-state index in [1.54, 1.807) is 18.2 Å². The van der Waals surface area contributed by atoms with Crippen molar-refractivity contribution in [2.45, 2.75) is 44.1 Å². The Labute approximate surface area is 202 Å². The van der Waals surface area contributed by atoms with E-state index < -0.39 is 5.82 Å². The monoisotopic (exact) mass is 467 g/mol. The summed E-state index contributed by atoms with van der Waals surface area (Å²) >= 11 is 0. The van der Waals surface area contributed by atoms with Crippen LogP contribution in [0.1, 0.15) is 57.9 Å². The number of nitrogens with zero attached hydrogens (tertiary/aromatic N) is 2. The van der Waals surface area contributed by atoms with E-state index >= 15 is 0 Å². The SMILES string of the molecule is Cc1ccc(C2CC3(CCN3C(=O)c3cc(Cc4n[nH]c(=O)c5ccccc45)ccc3F)C2)cc1. The zero-order chi connectivity index (χ0) is 24.2. The highest BCUT2D eigenvalue weighted by molar-refractivity contribution is 5.96. The third-order valence-electron chi connectivity index (χ3n) is 7.83. The fourth-order valence-electron chi connectivity index (χ4n) is 5.70. The molecule has 0 unspecified atom stereocenters. The van der Waals surface area contributed by atoms with Crippen LogP contribution in [0.2, 0.25) is 0 Å². The van der Waals surface area contributed by atoms with Gasteiger partial charge in [-0.25, -0.2) is 9.49 Å². The molecule has 176 valence electrons. The van der Waals surface area contributed by atoms with Gasteiger partial charge in [0, 0.05) is 23.9 Å². The van der Waals surface area contributed by atoms with Crippen LogP contribution in [0.5, 0.6) is 0 Å². The average Bonchev–Trinajstić information content (AvgIpc) is 2.82. The minimum absolute atomic E-state index is 0.106. The first kappa shape index (κ1) is 21.7. The second-order valence-electron chi connectivity index (χ2n) is 9.98. The van der Waals surface area contributed by atoms with E-state index in [0.717, 1.165) is 30.2 Å². The van der Waals surface area contributed by atoms with Gasteiger partial charge in [-0.1, -0.05) is 54.1 Å². The number of likely N-dealkylation sites (tertiary alicyclic amines) is 1. The van der Waals surface area contributed by atoms with E-state index in [9.17, 15) is 14.0 Å². The predicted molar refractivity (Wildman–Crippen MR) is 133 cm³/mol. The highest BCUT2D eigenvalue weighted by Crippen LogP contribution is 2.55. The van der Waals surface area contributed by atoms with Gasteiger partial charge >= 0.3 is 0 Å². The number of fused-ring (bicyclic) bond motifs is 1. The number of benzene rings is 3. The van der Waals surface area contributed by atoms with Crippen LogP contribution in [0.15, 0.2) is 71.5 Å². The standard InChI is InChI=1S/C29H26FN3O2/c1-18-6-9-20(10-7-18)21-16-29(17-21)12-13-33(29)28(35)24-14-19(8-11-25(24)30)15-26-22-4-2-3-5-23(22)27(34)32-31-26/h2-11,14,21H,12-13,15-17H2,1H3,(H,32,34). The lowest BCUT2D eigenvalue weighted by Crippen LogP contribution is -2.67. The van der Waals surface area contributed by atoms with E-state index in [2.05, 4.69) is 41.4 Å². The van der Waals surface area contributed by atoms with Crippen molar-refractivity contribution < 1.29 is 9.18 Å². The van der Waals surface area contributed by atoms with Crippen LogP contribution in [-0.2, 0) is 6.42 Å². The maximum absolute atomic E-state index is 14.8. The number of aryl methyl sites for hydroxylation is 1. The third-order valence-corrected chi connectivity index (χ3v) is 7.83. The van der Waals surface area contributed by atoms with E-state index in [1.165, 1.54) is 17.2 Å². The molecule has 1 N–H and O–H groups in total. The maximum Gasteiger partial charge on any atom is 0.272 e. The summed E-state index contributed by atoms with van der Waals surface area (Å²) in [6.45, 7) is 2.74. The van der Waals surface area contributed by atoms with Crippen LogP contribution in [0.4, 0.5) is 4.39 Å². The summed E-state index contributed by atoms with van der Waals surface area (Å²) in [5.41, 5.74) is 3.73. The Morgan fingerprint density at radius 1 is 1.09 bits per heavy atom. The normalized spacial score (nSPS) is 21.1. The Balaban J connectivity index is 1.23. The Bertz CT molecular complexity index is 1500. The summed E-state index contributed by atoms with van der Waals surface area (Å²) in [5.74, 6) is -0.297. The molecule has 35 heavy (non-hydrogen) atoms. The highest BCUT2D eigenvalue weighted by Gasteiger charge is 2.56. The summed E-state index contributed by atoms with van der Waals surface area (Å²) < 4.78 is 14.8. The molecule has 3 aromatic carbocycles. The van der Waals surface area contributed by atoms with Crippen LogP contribution < -0.4 is 5.56 Å². The first-order chi connectivity index (χ1) is 16.9. The molecule has 0 bridgehead atoms. The molecule has 0 atom stereocenters. The molecule has 1 aliphatic carbocycles. The molecule has 1 aromatic heterocycles. The van der Waals surface area contributed by atoms with Crippen molar-refractivity contribution in [3.63, 3.8) is 0 Å². The molecule has 4 aromatic rings. The largest absolute Gasteiger partial charge is 0.333 e. The van der Waals surface area contributed by atoms with Crippen molar-refractivity contribution in [1.82, 2.24) is 15.1 Å². The number of carbonyl (C=O) groups excluding carboxylic acids is 1. The van der Waals surface area contributed by atoms with Crippen molar-refractivity contribution in [3.8, 4) is 0 Å². The van der Waals surface area contributed by atoms with E-state index in [-0.39, 0.29) is 22.6 Å². The lowest BCUT2D eigenvalue weighted by molar-refractivity contribution is -0.0605. The lowest BCUT2D eigenvalue weighted by atomic mass is 9.59. The number of rotatable bonds is 4. The summed E-state index contributed by atoms with van der Waals surface area (Å²) in [6.07, 6.45) is 3.21. The number of hydrogen-bond acceptors (Lipinski definition) is 3. The number of hydrogen-bond donors (Lipinski definition) is 1. The van der Waals surface area contributed by atoms with Crippen LogP contribution in [-0.4, -0.2) is 33.1 Å². The number of amides is 1. The van der Waals surface area contributed by atoms with Gasteiger partial charge in [0.2, 0.25) is 0 Å². The van der Waals surface area contributed by atoms with Crippen molar-refractivity contribution in [2.75, 3.05) is 6.54 Å². The highest BCUT2D eigenvalue weighted by atomic mass is 19.1. The molecule has 1 aliphatic heterocycles. The molecule has 1 amide bonds. The number of aromatic amines is 1. The topological polar surface area (TPSA) is 66.1 Å². The van der Waals surface area contributed by atoms with Crippen LogP contribution in [0, 0.1) is 12.7 Å². The molecule has 1 spiro atoms. The molecule has 1 saturated carbocycles. The Morgan fingerprint density at radius 2 is 1.83 bits per heavy atom. The number of H-pyrrole nitrogens is 1. The minimum Gasteiger partial charge on any atom is -0.333 e. The maximum atomic E-state index is 14.8. The number of aromatic nitrogens is 2. The van der Waals surface area contributed by atoms with Crippen molar-refractivity contribution >= 4 is 16.7 Å². The Kier molecular flexibility index (Phi) is 5.06. The molecule has 2 aliphatic rings. The molecule has 1 saturated heterocycles. The van der Waals surface area contributed by atoms with Gasteiger partial charge < -0.3 is 4.90 Å². The molecule has 0 radical (unpaired) electrons. The van der Waals surface area contributed by atoms with Gasteiger partial charge in [-0.15, -0.1) is 0 Å². The van der Waals surface area contributed by atoms with Crippen molar-refractivity contribution in [1.29, 1.82) is 0 Å². The smallest absolute Gasteiger partial charge is 0.272 e. The molecular weight excluding hydrogens is 441 g/mol. The zero-order valence-electron chi connectivity index (χ0n) is 19.6. The van der Waals surface area contributed by atoms with Crippen LogP contribution >= 0.6 is 0 Å². The van der Waals surface area contributed by atoms with Gasteiger partial charge in [0.25, 0.3) is 11.5 Å². The number of nitrogens with one attached hydrogen (secondary N) is 1. The third kappa shape index (κ3) is 3.64. The van der Waals surface area contributed by atoms with Crippen LogP contribution in [0.3, 0.4) is 0 Å². The van der Waals surface area contributed by atoms with E-state index in [4.69, 9.17) is 0 Å². The van der Waals surface area contributed by atoms with Gasteiger partial charge in [-0.2, -0.15) is 5.10 Å². The van der Waals surface area contributed by atoms with Gasteiger partial charge in [0.1, 0.15) is 5.82 Å². The minimum atomic E-state index is -0.505. The van der Waals surface area contributed by atoms with Gasteiger partial charge in [-0.3, -0.25) is 9.59 Å². The number of carbonyl (C=O) groups is 1. The Hall–Kier alpha value is -3.80. The zero-order valence-corrected chi connectivity index (χ0v) is 19.6. The second-order valence-corrected chi connectivity index (χ2v) is 9.98. The van der Waals surface area contributed by atoms with E-state index in [0.29, 0.717) is 30.0 Å². The second kappa shape index (κ2) is 8.15. The van der Waals surface area contributed by atoms with Gasteiger partial charge in [0.15, 0.2) is 0 Å². The van der Waals surface area contributed by atoms with Crippen LogP contribution in [0.25, 0.3) is 10.8 Å². The molecule has 2 fully saturated rings. The fraction of sp³-hybridized carbons (Fsp3) is 0.276. The van der Waals surface area contributed by atoms with Crippen molar-refractivity contribution in [3.05, 3.63) is 111 Å². The average molecular weight is 468 g/mol. The first-order valence-corrected chi connectivity index (χ1v) is 12.1. The predicted octanol–water partition coefficient (Wildman–Crippen LogP) is 5.12. The molecule has 6 heteroatoms.